The summed E-state index contributed by atoms with van der Waals surface area (Å²) in [4.78, 5) is 29.2. The van der Waals surface area contributed by atoms with Crippen molar-refractivity contribution in [3.63, 3.8) is 0 Å². The smallest absolute Gasteiger partial charge is 0.407 e. The molecule has 308 valence electrons. The number of nitrogens with zero attached hydrogens (tertiary/aromatic N) is 1. The summed E-state index contributed by atoms with van der Waals surface area (Å²) >= 11 is 12.6. The first kappa shape index (κ1) is 45.0. The largest absolute Gasteiger partial charge is 0.494 e. The number of halogens is 2. The maximum Gasteiger partial charge on any atom is 0.407 e. The fraction of sp³-hybridized carbons (Fsp3) is 0.524. The average molecular weight is 836 g/mol. The van der Waals surface area contributed by atoms with Crippen molar-refractivity contribution in [3.05, 3.63) is 86.9 Å². The molecule has 0 radical (unpaired) electrons. The van der Waals surface area contributed by atoms with E-state index in [1.807, 2.05) is 48.2 Å². The first-order valence-electron chi connectivity index (χ1n) is 19.0. The summed E-state index contributed by atoms with van der Waals surface area (Å²) in [5, 5.41) is 3.71. The molecule has 1 atom stereocenters. The average Bonchev–Trinajstić information content (AvgIpc) is 3.95. The quantitative estimate of drug-likeness (QED) is 0.100. The minimum atomic E-state index is -3.10. The summed E-state index contributed by atoms with van der Waals surface area (Å²) < 4.78 is 51.8. The maximum absolute atomic E-state index is 14.5. The number of methoxy groups -OCH3 is 1. The van der Waals surface area contributed by atoms with Crippen molar-refractivity contribution in [2.75, 3.05) is 52.1 Å². The van der Waals surface area contributed by atoms with Gasteiger partial charge >= 0.3 is 6.09 Å². The highest BCUT2D eigenvalue weighted by Crippen LogP contribution is 2.34. The van der Waals surface area contributed by atoms with Crippen LogP contribution in [-0.4, -0.2) is 89.1 Å². The van der Waals surface area contributed by atoms with Crippen LogP contribution >= 0.6 is 23.2 Å². The number of hydrogen-bond acceptors (Lipinski definition) is 9. The molecule has 4 rings (SSSR count). The molecule has 11 nitrogen and oxygen atoms in total. The van der Waals surface area contributed by atoms with Gasteiger partial charge < -0.3 is 33.9 Å². The van der Waals surface area contributed by atoms with E-state index in [0.29, 0.717) is 53.3 Å². The number of sulfone groups is 1. The van der Waals surface area contributed by atoms with Crippen LogP contribution in [0.3, 0.4) is 0 Å². The third-order valence-electron chi connectivity index (χ3n) is 8.78. The van der Waals surface area contributed by atoms with E-state index in [2.05, 4.69) is 11.4 Å². The van der Waals surface area contributed by atoms with Gasteiger partial charge in [-0.2, -0.15) is 0 Å². The van der Waals surface area contributed by atoms with Crippen LogP contribution in [0.2, 0.25) is 10.0 Å². The number of alkyl carbamates (subject to hydrolysis) is 1. The van der Waals surface area contributed by atoms with Crippen molar-refractivity contribution >= 4 is 45.0 Å². The molecular weight excluding hydrogens is 779 g/mol. The Balaban J connectivity index is 1.47. The number of ether oxygens (including phenoxy) is 5. The number of aryl methyl sites for hydroxylation is 2. The van der Waals surface area contributed by atoms with Crippen LogP contribution in [0.25, 0.3) is 0 Å². The number of benzene rings is 3. The van der Waals surface area contributed by atoms with Gasteiger partial charge in [-0.25, -0.2) is 13.2 Å². The normalized spacial score (nSPS) is 13.5. The summed E-state index contributed by atoms with van der Waals surface area (Å²) in [5.41, 5.74) is 3.10. The van der Waals surface area contributed by atoms with Crippen molar-refractivity contribution in [2.24, 2.45) is 5.92 Å². The lowest BCUT2D eigenvalue weighted by Crippen LogP contribution is -2.44. The van der Waals surface area contributed by atoms with E-state index in [9.17, 15) is 18.0 Å². The lowest BCUT2D eigenvalue weighted by Gasteiger charge is -2.29. The van der Waals surface area contributed by atoms with Gasteiger partial charge in [-0.05, 0) is 125 Å². The van der Waals surface area contributed by atoms with E-state index in [1.165, 1.54) is 6.26 Å². The molecule has 1 aliphatic carbocycles. The third-order valence-corrected chi connectivity index (χ3v) is 10.4. The van der Waals surface area contributed by atoms with Gasteiger partial charge in [0.2, 0.25) is 5.91 Å². The molecule has 1 unspecified atom stereocenters. The lowest BCUT2D eigenvalue weighted by molar-refractivity contribution is -0.136. The monoisotopic (exact) mass is 834 g/mol. The van der Waals surface area contributed by atoms with Gasteiger partial charge in [0.25, 0.3) is 0 Å². The summed E-state index contributed by atoms with van der Waals surface area (Å²) in [6.45, 7) is 9.08. The first-order valence-corrected chi connectivity index (χ1v) is 21.8. The Morgan fingerprint density at radius 2 is 1.50 bits per heavy atom. The van der Waals surface area contributed by atoms with Gasteiger partial charge in [-0.3, -0.25) is 4.79 Å². The molecule has 0 aliphatic heterocycles. The van der Waals surface area contributed by atoms with Crippen LogP contribution in [0.15, 0.2) is 54.6 Å². The van der Waals surface area contributed by atoms with Gasteiger partial charge in [-0.15, -0.1) is 0 Å². The van der Waals surface area contributed by atoms with Crippen LogP contribution in [0.1, 0.15) is 68.7 Å². The van der Waals surface area contributed by atoms with Crippen LogP contribution in [-0.2, 0) is 43.5 Å². The molecule has 0 aromatic heterocycles. The third kappa shape index (κ3) is 16.0. The molecular formula is C42H56Cl2N2O9S. The molecule has 1 fully saturated rings. The zero-order valence-corrected chi connectivity index (χ0v) is 35.7. The lowest BCUT2D eigenvalue weighted by atomic mass is 9.97. The summed E-state index contributed by atoms with van der Waals surface area (Å²) in [6.07, 6.45) is 4.71. The zero-order valence-electron chi connectivity index (χ0n) is 33.3. The summed E-state index contributed by atoms with van der Waals surface area (Å²) in [5.74, 6) is 1.07. The van der Waals surface area contributed by atoms with Gasteiger partial charge in [0.05, 0.1) is 28.3 Å². The fourth-order valence-corrected chi connectivity index (χ4v) is 7.43. The van der Waals surface area contributed by atoms with E-state index in [0.717, 1.165) is 47.9 Å². The van der Waals surface area contributed by atoms with Crippen molar-refractivity contribution in [3.8, 4) is 17.2 Å². The molecule has 14 heteroatoms. The second kappa shape index (κ2) is 21.2. The van der Waals surface area contributed by atoms with Gasteiger partial charge in [0.15, 0.2) is 5.75 Å². The first-order chi connectivity index (χ1) is 26.5. The van der Waals surface area contributed by atoms with Crippen LogP contribution in [0.5, 0.6) is 17.2 Å². The predicted octanol–water partition coefficient (Wildman–Crippen LogP) is 8.03. The van der Waals surface area contributed by atoms with Gasteiger partial charge in [0.1, 0.15) is 40.2 Å². The van der Waals surface area contributed by atoms with Crippen molar-refractivity contribution in [1.82, 2.24) is 10.2 Å². The Labute approximate surface area is 342 Å². The molecule has 1 saturated carbocycles. The Hall–Kier alpha value is -3.71. The molecule has 0 spiro atoms. The number of carbonyl (C=O) groups excluding carboxylic acids is 2. The Kier molecular flexibility index (Phi) is 17.0. The molecule has 3 aromatic carbocycles. The second-order valence-corrected chi connectivity index (χ2v) is 18.4. The van der Waals surface area contributed by atoms with E-state index in [4.69, 9.17) is 46.9 Å². The molecule has 1 N–H and O–H groups in total. The molecule has 0 saturated heterocycles. The highest BCUT2D eigenvalue weighted by atomic mass is 35.5. The van der Waals surface area contributed by atoms with Gasteiger partial charge in [0, 0.05) is 39.1 Å². The topological polar surface area (TPSA) is 130 Å². The van der Waals surface area contributed by atoms with Crippen molar-refractivity contribution < 1.29 is 41.7 Å². The number of amides is 2. The summed E-state index contributed by atoms with van der Waals surface area (Å²) in [6, 6.07) is 17.1. The summed E-state index contributed by atoms with van der Waals surface area (Å²) in [7, 11) is -1.43. The zero-order chi connectivity index (χ0) is 40.9. The maximum atomic E-state index is 14.5. The Bertz CT molecular complexity index is 1840. The number of hydrogen-bond donors (Lipinski definition) is 1. The van der Waals surface area contributed by atoms with E-state index >= 15 is 0 Å². The number of rotatable bonds is 22. The molecule has 0 bridgehead atoms. The predicted molar refractivity (Wildman–Crippen MR) is 220 cm³/mol. The second-order valence-electron chi connectivity index (χ2n) is 15.3. The van der Waals surface area contributed by atoms with E-state index in [1.54, 1.807) is 40.0 Å². The standard InChI is InChI=1S/C42H56Cl2N2O9S/c1-29-21-37(43)39(38(44)22-29)54-19-18-53-35-14-10-30(11-15-35)24-33(27-45-41(48)55-42(2,3)4)40(47)46(34-12-13-34)28-32-23-31(9-7-16-51-5)25-36(26-32)52-17-8-20-56(6,49)50/h10-11,14-15,21-23,25-26,33-34H,7-9,12-13,16-20,24,27-28H2,1-6H3,(H,45,48). The van der Waals surface area contributed by atoms with Crippen LogP contribution < -0.4 is 19.5 Å². The molecule has 1 aliphatic rings. The Morgan fingerprint density at radius 1 is 0.857 bits per heavy atom. The van der Waals surface area contributed by atoms with Crippen molar-refractivity contribution in [1.29, 1.82) is 0 Å². The molecule has 3 aromatic rings. The highest BCUT2D eigenvalue weighted by molar-refractivity contribution is 7.90. The Morgan fingerprint density at radius 3 is 2.12 bits per heavy atom. The van der Waals surface area contributed by atoms with E-state index in [-0.39, 0.29) is 44.1 Å². The minimum absolute atomic E-state index is 0.0424. The minimum Gasteiger partial charge on any atom is -0.494 e. The van der Waals surface area contributed by atoms with Crippen LogP contribution in [0, 0.1) is 12.8 Å². The number of nitrogens with one attached hydrogen (secondary N) is 1. The van der Waals surface area contributed by atoms with Crippen LogP contribution in [0.4, 0.5) is 4.79 Å². The molecule has 56 heavy (non-hydrogen) atoms. The number of carbonyl (C=O) groups is 2. The van der Waals surface area contributed by atoms with Gasteiger partial charge in [-0.1, -0.05) is 41.4 Å². The van der Waals surface area contributed by atoms with E-state index < -0.39 is 27.4 Å². The SMILES string of the molecule is COCCCc1cc(CN(C(=O)C(CNC(=O)OC(C)(C)C)Cc2ccc(OCCOc3c(Cl)cc(C)cc3Cl)cc2)C2CC2)cc(OCCCS(C)(=O)=O)c1. The molecule has 2 amide bonds. The highest BCUT2D eigenvalue weighted by Gasteiger charge is 2.36. The van der Waals surface area contributed by atoms with Crippen molar-refractivity contribution in [2.45, 2.75) is 84.4 Å². The fourth-order valence-electron chi connectivity index (χ4n) is 6.09. The molecule has 0 heterocycles.